The Morgan fingerprint density at radius 2 is 1.79 bits per heavy atom. The molecule has 96 valence electrons. The van der Waals surface area contributed by atoms with Crippen molar-refractivity contribution in [2.45, 2.75) is 18.9 Å². The molecule has 2 aromatic carbocycles. The second-order valence-electron chi connectivity index (χ2n) is 4.80. The van der Waals surface area contributed by atoms with Gasteiger partial charge in [0, 0.05) is 12.0 Å². The summed E-state index contributed by atoms with van der Waals surface area (Å²) in [5.74, 6) is 0.141. The Morgan fingerprint density at radius 1 is 1.05 bits per heavy atom. The molecule has 1 aliphatic heterocycles. The molecule has 0 unspecified atom stereocenters. The molecule has 3 rings (SSSR count). The van der Waals surface area contributed by atoms with Gasteiger partial charge in [-0.3, -0.25) is 4.79 Å². The summed E-state index contributed by atoms with van der Waals surface area (Å²) >= 11 is 0. The van der Waals surface area contributed by atoms with Crippen molar-refractivity contribution in [3.8, 4) is 0 Å². The normalized spacial score (nSPS) is 17.8. The third kappa shape index (κ3) is 2.59. The van der Waals surface area contributed by atoms with Crippen LogP contribution >= 0.6 is 0 Å². The van der Waals surface area contributed by atoms with E-state index >= 15 is 0 Å². The fourth-order valence-corrected chi connectivity index (χ4v) is 2.56. The Labute approximate surface area is 113 Å². The first-order chi connectivity index (χ1) is 9.34. The maximum Gasteiger partial charge on any atom is 0.165 e. The zero-order valence-corrected chi connectivity index (χ0v) is 10.7. The van der Waals surface area contributed by atoms with Gasteiger partial charge in [0.2, 0.25) is 0 Å². The van der Waals surface area contributed by atoms with E-state index in [2.05, 4.69) is 12.1 Å². The fourth-order valence-electron chi connectivity index (χ4n) is 2.56. The van der Waals surface area contributed by atoms with E-state index in [0.29, 0.717) is 13.0 Å². The van der Waals surface area contributed by atoms with Crippen LogP contribution in [-0.2, 0) is 11.2 Å². The summed E-state index contributed by atoms with van der Waals surface area (Å²) in [5, 5.41) is 0. The molecule has 1 aliphatic rings. The number of benzene rings is 2. The third-order valence-electron chi connectivity index (χ3n) is 3.56. The van der Waals surface area contributed by atoms with Gasteiger partial charge in [0.15, 0.2) is 5.78 Å². The Kier molecular flexibility index (Phi) is 3.43. The second-order valence-corrected chi connectivity index (χ2v) is 4.80. The number of Topliss-reactive ketones (excluding diaryl/α,β-unsaturated/α-hetero) is 1. The number of ketones is 1. The molecule has 0 saturated carbocycles. The maximum atomic E-state index is 12.2. The predicted octanol–water partition coefficient (Wildman–Crippen LogP) is 3.57. The Hall–Kier alpha value is -1.93. The van der Waals surface area contributed by atoms with E-state index < -0.39 is 0 Å². The Balaban J connectivity index is 1.80. The van der Waals surface area contributed by atoms with Crippen molar-refractivity contribution in [3.63, 3.8) is 0 Å². The number of hydrogen-bond donors (Lipinski definition) is 0. The molecule has 1 atom stereocenters. The number of carbonyl (C=O) groups is 1. The number of ether oxygens (including phenoxy) is 1. The van der Waals surface area contributed by atoms with Crippen molar-refractivity contribution in [2.75, 3.05) is 6.61 Å². The SMILES string of the molecule is O=C(C[C@@H]1OCCc2ccccc21)c1ccccc1. The van der Waals surface area contributed by atoms with Crippen LogP contribution in [0.1, 0.15) is 34.0 Å². The highest BCUT2D eigenvalue weighted by Crippen LogP contribution is 2.30. The van der Waals surface area contributed by atoms with Crippen molar-refractivity contribution in [1.82, 2.24) is 0 Å². The molecule has 2 aromatic rings. The van der Waals surface area contributed by atoms with Gasteiger partial charge >= 0.3 is 0 Å². The van der Waals surface area contributed by atoms with Crippen molar-refractivity contribution in [2.24, 2.45) is 0 Å². The van der Waals surface area contributed by atoms with Crippen LogP contribution in [0.15, 0.2) is 54.6 Å². The molecule has 0 saturated heterocycles. The predicted molar refractivity (Wildman–Crippen MR) is 74.2 cm³/mol. The summed E-state index contributed by atoms with van der Waals surface area (Å²) in [5.41, 5.74) is 3.23. The molecule has 1 heterocycles. The van der Waals surface area contributed by atoms with Gasteiger partial charge in [-0.25, -0.2) is 0 Å². The monoisotopic (exact) mass is 252 g/mol. The van der Waals surface area contributed by atoms with Gasteiger partial charge in [-0.15, -0.1) is 0 Å². The minimum absolute atomic E-state index is 0.0994. The second kappa shape index (κ2) is 5.37. The lowest BCUT2D eigenvalue weighted by molar-refractivity contribution is 0.0352. The average molecular weight is 252 g/mol. The number of rotatable bonds is 3. The average Bonchev–Trinajstić information content (AvgIpc) is 2.48. The molecule has 0 bridgehead atoms. The Bertz CT molecular complexity index is 575. The van der Waals surface area contributed by atoms with E-state index in [1.807, 2.05) is 42.5 Å². The van der Waals surface area contributed by atoms with Gasteiger partial charge in [-0.1, -0.05) is 54.6 Å². The molecule has 0 radical (unpaired) electrons. The molecular formula is C17H16O2. The summed E-state index contributed by atoms with van der Waals surface area (Å²) < 4.78 is 5.78. The summed E-state index contributed by atoms with van der Waals surface area (Å²) in [6.45, 7) is 0.698. The third-order valence-corrected chi connectivity index (χ3v) is 3.56. The van der Waals surface area contributed by atoms with Gasteiger partial charge in [-0.2, -0.15) is 0 Å². The molecule has 2 heteroatoms. The van der Waals surface area contributed by atoms with Crippen LogP contribution in [0, 0.1) is 0 Å². The van der Waals surface area contributed by atoms with E-state index in [4.69, 9.17) is 4.74 Å². The van der Waals surface area contributed by atoms with Crippen molar-refractivity contribution in [1.29, 1.82) is 0 Å². The lowest BCUT2D eigenvalue weighted by Crippen LogP contribution is -2.19. The first kappa shape index (κ1) is 12.1. The Morgan fingerprint density at radius 3 is 2.63 bits per heavy atom. The summed E-state index contributed by atoms with van der Waals surface area (Å²) in [4.78, 5) is 12.2. The van der Waals surface area contributed by atoms with Crippen LogP contribution in [0.4, 0.5) is 0 Å². The standard InChI is InChI=1S/C17H16O2/c18-16(14-7-2-1-3-8-14)12-17-15-9-5-4-6-13(15)10-11-19-17/h1-9,17H,10-12H2/t17-/m0/s1. The van der Waals surface area contributed by atoms with E-state index in [1.165, 1.54) is 5.56 Å². The van der Waals surface area contributed by atoms with Crippen LogP contribution in [0.2, 0.25) is 0 Å². The minimum Gasteiger partial charge on any atom is -0.373 e. The zero-order chi connectivity index (χ0) is 13.1. The van der Waals surface area contributed by atoms with Crippen LogP contribution in [0.5, 0.6) is 0 Å². The molecule has 0 aromatic heterocycles. The molecule has 2 nitrogen and oxygen atoms in total. The van der Waals surface area contributed by atoms with E-state index in [0.717, 1.165) is 17.5 Å². The van der Waals surface area contributed by atoms with Crippen molar-refractivity contribution >= 4 is 5.78 Å². The van der Waals surface area contributed by atoms with Crippen LogP contribution in [0.25, 0.3) is 0 Å². The summed E-state index contributed by atoms with van der Waals surface area (Å²) in [7, 11) is 0. The maximum absolute atomic E-state index is 12.2. The van der Waals surface area contributed by atoms with Gasteiger partial charge in [0.05, 0.1) is 12.7 Å². The topological polar surface area (TPSA) is 26.3 Å². The molecule has 0 fully saturated rings. The van der Waals surface area contributed by atoms with Gasteiger partial charge in [0.1, 0.15) is 0 Å². The van der Waals surface area contributed by atoms with E-state index in [1.54, 1.807) is 0 Å². The van der Waals surface area contributed by atoms with Gasteiger partial charge < -0.3 is 4.74 Å². The molecule has 19 heavy (non-hydrogen) atoms. The highest BCUT2D eigenvalue weighted by molar-refractivity contribution is 5.96. The molecule has 0 spiro atoms. The first-order valence-electron chi connectivity index (χ1n) is 6.62. The molecule has 0 amide bonds. The van der Waals surface area contributed by atoms with Crippen LogP contribution in [-0.4, -0.2) is 12.4 Å². The van der Waals surface area contributed by atoms with E-state index in [9.17, 15) is 4.79 Å². The van der Waals surface area contributed by atoms with Gasteiger partial charge in [-0.05, 0) is 17.5 Å². The summed E-state index contributed by atoms with van der Waals surface area (Å²) in [6.07, 6.45) is 1.25. The van der Waals surface area contributed by atoms with Crippen molar-refractivity contribution < 1.29 is 9.53 Å². The molecule has 0 aliphatic carbocycles. The largest absolute Gasteiger partial charge is 0.373 e. The molecule has 0 N–H and O–H groups in total. The van der Waals surface area contributed by atoms with Crippen LogP contribution in [0.3, 0.4) is 0 Å². The highest BCUT2D eigenvalue weighted by Gasteiger charge is 2.23. The first-order valence-corrected chi connectivity index (χ1v) is 6.62. The molecular weight excluding hydrogens is 236 g/mol. The number of hydrogen-bond acceptors (Lipinski definition) is 2. The number of fused-ring (bicyclic) bond motifs is 1. The minimum atomic E-state index is -0.0994. The lowest BCUT2D eigenvalue weighted by atomic mass is 9.93. The quantitative estimate of drug-likeness (QED) is 0.780. The zero-order valence-electron chi connectivity index (χ0n) is 10.7. The summed E-state index contributed by atoms with van der Waals surface area (Å²) in [6, 6.07) is 17.7. The van der Waals surface area contributed by atoms with Crippen molar-refractivity contribution in [3.05, 3.63) is 71.3 Å². The lowest BCUT2D eigenvalue weighted by Gasteiger charge is -2.25. The smallest absolute Gasteiger partial charge is 0.165 e. The fraction of sp³-hybridized carbons (Fsp3) is 0.235. The van der Waals surface area contributed by atoms with Gasteiger partial charge in [0.25, 0.3) is 0 Å². The number of carbonyl (C=O) groups excluding carboxylic acids is 1. The van der Waals surface area contributed by atoms with Crippen LogP contribution < -0.4 is 0 Å². The van der Waals surface area contributed by atoms with E-state index in [-0.39, 0.29) is 11.9 Å². The highest BCUT2D eigenvalue weighted by atomic mass is 16.5.